The van der Waals surface area contributed by atoms with Crippen LogP contribution in [0.25, 0.3) is 0 Å². The van der Waals surface area contributed by atoms with Crippen LogP contribution in [0, 0.1) is 5.92 Å². The molecule has 0 spiro atoms. The molecule has 0 aliphatic carbocycles. The van der Waals surface area contributed by atoms with Gasteiger partial charge in [0.05, 0.1) is 12.9 Å². The van der Waals surface area contributed by atoms with E-state index in [9.17, 15) is 9.59 Å². The molecule has 0 bridgehead atoms. The van der Waals surface area contributed by atoms with Gasteiger partial charge >= 0.3 is 0 Å². The van der Waals surface area contributed by atoms with E-state index in [2.05, 4.69) is 10.6 Å². The molecular formula is C18H22N2O4. The van der Waals surface area contributed by atoms with Gasteiger partial charge in [-0.05, 0) is 35.7 Å². The van der Waals surface area contributed by atoms with Crippen LogP contribution in [0.1, 0.15) is 30.0 Å². The first kappa shape index (κ1) is 17.7. The van der Waals surface area contributed by atoms with Crippen molar-refractivity contribution in [1.82, 2.24) is 5.32 Å². The Balaban J connectivity index is 2.06. The van der Waals surface area contributed by atoms with E-state index in [4.69, 9.17) is 9.15 Å². The lowest BCUT2D eigenvalue weighted by Gasteiger charge is -2.21. The zero-order chi connectivity index (χ0) is 17.5. The van der Waals surface area contributed by atoms with Gasteiger partial charge in [-0.25, -0.2) is 0 Å². The summed E-state index contributed by atoms with van der Waals surface area (Å²) in [5, 5.41) is 5.54. The van der Waals surface area contributed by atoms with E-state index in [1.165, 1.54) is 6.26 Å². The van der Waals surface area contributed by atoms with Crippen LogP contribution >= 0.6 is 0 Å². The highest BCUT2D eigenvalue weighted by atomic mass is 16.5. The van der Waals surface area contributed by atoms with Gasteiger partial charge in [-0.2, -0.15) is 0 Å². The highest BCUT2D eigenvalue weighted by Gasteiger charge is 2.25. The maximum absolute atomic E-state index is 12.5. The maximum atomic E-state index is 12.5. The van der Waals surface area contributed by atoms with Crippen LogP contribution < -0.4 is 10.6 Å². The maximum Gasteiger partial charge on any atom is 0.287 e. The van der Waals surface area contributed by atoms with Gasteiger partial charge in [0.25, 0.3) is 5.91 Å². The van der Waals surface area contributed by atoms with Gasteiger partial charge in [-0.1, -0.05) is 26.0 Å². The minimum atomic E-state index is -0.673. The smallest absolute Gasteiger partial charge is 0.287 e. The van der Waals surface area contributed by atoms with Gasteiger partial charge in [0.2, 0.25) is 5.91 Å². The largest absolute Gasteiger partial charge is 0.459 e. The van der Waals surface area contributed by atoms with Crippen molar-refractivity contribution in [2.75, 3.05) is 12.4 Å². The number of carbonyl (C=O) groups excluding carboxylic acids is 2. The van der Waals surface area contributed by atoms with Crippen molar-refractivity contribution in [3.63, 3.8) is 0 Å². The third-order valence-corrected chi connectivity index (χ3v) is 3.49. The SMILES string of the molecule is COCc1cccc(NC(=O)C(NC(=O)c2ccco2)C(C)C)c1. The van der Waals surface area contributed by atoms with Crippen LogP contribution in [0.4, 0.5) is 5.69 Å². The predicted octanol–water partition coefficient (Wildman–Crippen LogP) is 2.82. The molecule has 1 aromatic heterocycles. The number of methoxy groups -OCH3 is 1. The summed E-state index contributed by atoms with van der Waals surface area (Å²) in [6.45, 7) is 4.20. The van der Waals surface area contributed by atoms with Crippen LogP contribution in [0.2, 0.25) is 0 Å². The number of furan rings is 1. The number of rotatable bonds is 7. The second-order valence-corrected chi connectivity index (χ2v) is 5.80. The van der Waals surface area contributed by atoms with Crippen LogP contribution in [0.3, 0.4) is 0 Å². The quantitative estimate of drug-likeness (QED) is 0.818. The Morgan fingerprint density at radius 2 is 2.00 bits per heavy atom. The standard InChI is InChI=1S/C18H22N2O4/c1-12(2)16(20-17(21)15-8-5-9-24-15)18(22)19-14-7-4-6-13(10-14)11-23-3/h4-10,12,16H,11H2,1-3H3,(H,19,22)(H,20,21). The van der Waals surface area contributed by atoms with E-state index in [-0.39, 0.29) is 17.6 Å². The van der Waals surface area contributed by atoms with Crippen molar-refractivity contribution in [3.05, 3.63) is 54.0 Å². The normalized spacial score (nSPS) is 12.0. The van der Waals surface area contributed by atoms with Gasteiger partial charge in [0, 0.05) is 12.8 Å². The zero-order valence-corrected chi connectivity index (χ0v) is 14.0. The lowest BCUT2D eigenvalue weighted by Crippen LogP contribution is -2.47. The van der Waals surface area contributed by atoms with E-state index < -0.39 is 11.9 Å². The van der Waals surface area contributed by atoms with Crippen LogP contribution in [0.15, 0.2) is 47.1 Å². The van der Waals surface area contributed by atoms with Gasteiger partial charge in [-0.3, -0.25) is 9.59 Å². The van der Waals surface area contributed by atoms with Crippen LogP contribution in [-0.2, 0) is 16.1 Å². The van der Waals surface area contributed by atoms with Crippen molar-refractivity contribution in [2.45, 2.75) is 26.5 Å². The first-order chi connectivity index (χ1) is 11.5. The summed E-state index contributed by atoms with van der Waals surface area (Å²) in [5.41, 5.74) is 1.61. The summed E-state index contributed by atoms with van der Waals surface area (Å²) >= 11 is 0. The van der Waals surface area contributed by atoms with E-state index in [0.717, 1.165) is 5.56 Å². The van der Waals surface area contributed by atoms with Gasteiger partial charge in [0.15, 0.2) is 5.76 Å². The van der Waals surface area contributed by atoms with Gasteiger partial charge < -0.3 is 19.8 Å². The third-order valence-electron chi connectivity index (χ3n) is 3.49. The Bertz CT molecular complexity index is 680. The number of benzene rings is 1. The number of hydrogen-bond acceptors (Lipinski definition) is 4. The summed E-state index contributed by atoms with van der Waals surface area (Å²) in [7, 11) is 1.62. The molecule has 1 atom stereocenters. The highest BCUT2D eigenvalue weighted by molar-refractivity contribution is 6.00. The molecule has 1 aromatic carbocycles. The van der Waals surface area contributed by atoms with E-state index in [0.29, 0.717) is 12.3 Å². The van der Waals surface area contributed by atoms with Crippen LogP contribution in [-0.4, -0.2) is 25.0 Å². The minimum absolute atomic E-state index is 0.0777. The number of anilines is 1. The molecule has 2 N–H and O–H groups in total. The molecule has 0 radical (unpaired) electrons. The fraction of sp³-hybridized carbons (Fsp3) is 0.333. The molecule has 0 aliphatic rings. The first-order valence-electron chi connectivity index (χ1n) is 7.74. The number of hydrogen-bond donors (Lipinski definition) is 2. The Morgan fingerprint density at radius 3 is 2.62 bits per heavy atom. The van der Waals surface area contributed by atoms with Gasteiger partial charge in [0.1, 0.15) is 6.04 Å². The topological polar surface area (TPSA) is 80.6 Å². The second-order valence-electron chi connectivity index (χ2n) is 5.80. The lowest BCUT2D eigenvalue weighted by atomic mass is 10.0. The Labute approximate surface area is 141 Å². The molecule has 6 nitrogen and oxygen atoms in total. The molecule has 2 rings (SSSR count). The second kappa shape index (κ2) is 8.31. The molecular weight excluding hydrogens is 308 g/mol. The molecule has 0 saturated carbocycles. The summed E-state index contributed by atoms with van der Waals surface area (Å²) in [6.07, 6.45) is 1.42. The Kier molecular flexibility index (Phi) is 6.14. The van der Waals surface area contributed by atoms with Crippen molar-refractivity contribution in [3.8, 4) is 0 Å². The van der Waals surface area contributed by atoms with Crippen molar-refractivity contribution in [2.24, 2.45) is 5.92 Å². The fourth-order valence-corrected chi connectivity index (χ4v) is 2.28. The first-order valence-corrected chi connectivity index (χ1v) is 7.74. The third kappa shape index (κ3) is 4.70. The summed E-state index contributed by atoms with van der Waals surface area (Å²) in [4.78, 5) is 24.7. The average Bonchev–Trinajstić information content (AvgIpc) is 3.07. The average molecular weight is 330 g/mol. The molecule has 6 heteroatoms. The van der Waals surface area contributed by atoms with Crippen molar-refractivity contribution >= 4 is 17.5 Å². The molecule has 2 aromatic rings. The number of amides is 2. The van der Waals surface area contributed by atoms with Crippen LogP contribution in [0.5, 0.6) is 0 Å². The summed E-state index contributed by atoms with van der Waals surface area (Å²) in [5.74, 6) is -0.594. The number of carbonyl (C=O) groups is 2. The van der Waals surface area contributed by atoms with Crippen molar-refractivity contribution in [1.29, 1.82) is 0 Å². The number of nitrogens with one attached hydrogen (secondary N) is 2. The molecule has 0 fully saturated rings. The molecule has 24 heavy (non-hydrogen) atoms. The van der Waals surface area contributed by atoms with E-state index in [1.54, 1.807) is 25.3 Å². The minimum Gasteiger partial charge on any atom is -0.459 e. The predicted molar refractivity (Wildman–Crippen MR) is 90.6 cm³/mol. The lowest BCUT2D eigenvalue weighted by molar-refractivity contribution is -0.118. The molecule has 2 amide bonds. The fourth-order valence-electron chi connectivity index (χ4n) is 2.28. The molecule has 1 unspecified atom stereocenters. The molecule has 0 aliphatic heterocycles. The highest BCUT2D eigenvalue weighted by Crippen LogP contribution is 2.14. The number of ether oxygens (including phenoxy) is 1. The molecule has 0 saturated heterocycles. The summed E-state index contributed by atoms with van der Waals surface area (Å²) in [6, 6.07) is 9.90. The molecule has 128 valence electrons. The van der Waals surface area contributed by atoms with Gasteiger partial charge in [-0.15, -0.1) is 0 Å². The van der Waals surface area contributed by atoms with E-state index >= 15 is 0 Å². The Morgan fingerprint density at radius 1 is 1.21 bits per heavy atom. The van der Waals surface area contributed by atoms with Crippen molar-refractivity contribution < 1.29 is 18.7 Å². The monoisotopic (exact) mass is 330 g/mol. The van der Waals surface area contributed by atoms with E-state index in [1.807, 2.05) is 32.0 Å². The molecule has 1 heterocycles. The Hall–Kier alpha value is -2.60. The summed E-state index contributed by atoms with van der Waals surface area (Å²) < 4.78 is 10.1. The zero-order valence-electron chi connectivity index (χ0n) is 14.0.